The maximum atomic E-state index is 13.0. The van der Waals surface area contributed by atoms with Crippen LogP contribution < -0.4 is 5.32 Å². The Balaban J connectivity index is 2.46. The zero-order valence-corrected chi connectivity index (χ0v) is 10.0. The first kappa shape index (κ1) is 12.9. The van der Waals surface area contributed by atoms with Gasteiger partial charge in [0.25, 0.3) is 0 Å². The van der Waals surface area contributed by atoms with Crippen LogP contribution in [0, 0.1) is 5.82 Å². The van der Waals surface area contributed by atoms with Crippen LogP contribution in [0.25, 0.3) is 0 Å². The first-order valence-corrected chi connectivity index (χ1v) is 5.22. The second kappa shape index (κ2) is 5.82. The number of nitrogens with one attached hydrogen (secondary N) is 1. The molecule has 0 aliphatic rings. The number of halogens is 2. The van der Waals surface area contributed by atoms with Crippen molar-refractivity contribution in [2.75, 3.05) is 20.6 Å². The maximum absolute atomic E-state index is 13.0. The van der Waals surface area contributed by atoms with Crippen LogP contribution in [0.4, 0.5) is 4.39 Å². The van der Waals surface area contributed by atoms with E-state index in [1.54, 1.807) is 20.2 Å². The lowest BCUT2D eigenvalue weighted by Crippen LogP contribution is -2.32. The summed E-state index contributed by atoms with van der Waals surface area (Å²) in [4.78, 5) is 12.7. The minimum absolute atomic E-state index is 0.0255. The minimum atomic E-state index is -0.372. The molecule has 3 nitrogen and oxygen atoms in total. The molecule has 0 saturated heterocycles. The van der Waals surface area contributed by atoms with Crippen LogP contribution in [0.15, 0.2) is 18.2 Å². The van der Waals surface area contributed by atoms with Gasteiger partial charge in [-0.1, -0.05) is 11.6 Å². The summed E-state index contributed by atoms with van der Waals surface area (Å²) in [6.07, 6.45) is 0. The van der Waals surface area contributed by atoms with E-state index in [4.69, 9.17) is 11.6 Å². The van der Waals surface area contributed by atoms with Crippen molar-refractivity contribution < 1.29 is 9.18 Å². The molecule has 88 valence electrons. The average molecular weight is 245 g/mol. The molecule has 0 radical (unpaired) electrons. The number of rotatable bonds is 4. The zero-order chi connectivity index (χ0) is 12.1. The third kappa shape index (κ3) is 4.16. The minimum Gasteiger partial charge on any atom is -0.348 e. The van der Waals surface area contributed by atoms with Gasteiger partial charge in [0.2, 0.25) is 5.91 Å². The van der Waals surface area contributed by atoms with Gasteiger partial charge in [0.15, 0.2) is 0 Å². The van der Waals surface area contributed by atoms with E-state index in [1.807, 2.05) is 0 Å². The van der Waals surface area contributed by atoms with E-state index in [2.05, 4.69) is 5.32 Å². The van der Waals surface area contributed by atoms with Crippen LogP contribution in [-0.4, -0.2) is 31.4 Å². The van der Waals surface area contributed by atoms with Gasteiger partial charge in [-0.05, 0) is 23.8 Å². The quantitative estimate of drug-likeness (QED) is 0.874. The maximum Gasteiger partial charge on any atom is 0.236 e. The second-order valence-corrected chi connectivity index (χ2v) is 4.11. The highest BCUT2D eigenvalue weighted by Crippen LogP contribution is 2.13. The number of carbonyl (C=O) groups is 1. The van der Waals surface area contributed by atoms with Gasteiger partial charge in [0.1, 0.15) is 5.82 Å². The van der Waals surface area contributed by atoms with E-state index in [0.29, 0.717) is 11.6 Å². The Bertz CT molecular complexity index is 362. The van der Waals surface area contributed by atoms with Crippen molar-refractivity contribution in [2.24, 2.45) is 0 Å². The van der Waals surface area contributed by atoms with Gasteiger partial charge in [0, 0.05) is 25.7 Å². The molecule has 1 rings (SSSR count). The van der Waals surface area contributed by atoms with Gasteiger partial charge >= 0.3 is 0 Å². The molecule has 1 aromatic rings. The standard InChI is InChI=1S/C11H14ClFN2O/c1-15(2)11(16)7-14-6-8-3-9(12)5-10(13)4-8/h3-5,14H,6-7H2,1-2H3. The Morgan fingerprint density at radius 2 is 2.12 bits per heavy atom. The van der Waals surface area contributed by atoms with Crippen molar-refractivity contribution in [1.29, 1.82) is 0 Å². The fourth-order valence-electron chi connectivity index (χ4n) is 1.18. The van der Waals surface area contributed by atoms with Crippen molar-refractivity contribution in [3.63, 3.8) is 0 Å². The van der Waals surface area contributed by atoms with Gasteiger partial charge in [0.05, 0.1) is 6.54 Å². The summed E-state index contributed by atoms with van der Waals surface area (Å²) in [7, 11) is 3.37. The molecule has 0 unspecified atom stereocenters. The van der Waals surface area contributed by atoms with Gasteiger partial charge in [-0.15, -0.1) is 0 Å². The van der Waals surface area contributed by atoms with Crippen molar-refractivity contribution in [1.82, 2.24) is 10.2 Å². The van der Waals surface area contributed by atoms with E-state index in [1.165, 1.54) is 17.0 Å². The van der Waals surface area contributed by atoms with Gasteiger partial charge in [-0.3, -0.25) is 4.79 Å². The van der Waals surface area contributed by atoms with E-state index in [0.717, 1.165) is 5.56 Å². The molecule has 0 spiro atoms. The second-order valence-electron chi connectivity index (χ2n) is 3.67. The van der Waals surface area contributed by atoms with Crippen LogP contribution in [0.1, 0.15) is 5.56 Å². The first-order valence-electron chi connectivity index (χ1n) is 4.85. The number of likely N-dealkylation sites (N-methyl/N-ethyl adjacent to an activating group) is 1. The predicted octanol–water partition coefficient (Wildman–Crippen LogP) is 1.66. The number of hydrogen-bond donors (Lipinski definition) is 1. The lowest BCUT2D eigenvalue weighted by Gasteiger charge is -2.11. The Morgan fingerprint density at radius 3 is 2.69 bits per heavy atom. The number of amides is 1. The Labute approximate surface area is 99.2 Å². The van der Waals surface area contributed by atoms with Crippen molar-refractivity contribution in [2.45, 2.75) is 6.54 Å². The summed E-state index contributed by atoms with van der Waals surface area (Å²) >= 11 is 5.70. The zero-order valence-electron chi connectivity index (χ0n) is 9.26. The van der Waals surface area contributed by atoms with E-state index in [-0.39, 0.29) is 18.3 Å². The third-order valence-corrected chi connectivity index (χ3v) is 2.24. The van der Waals surface area contributed by atoms with Crippen molar-refractivity contribution in [3.05, 3.63) is 34.6 Å². The summed E-state index contributed by atoms with van der Waals surface area (Å²) < 4.78 is 13.0. The lowest BCUT2D eigenvalue weighted by atomic mass is 10.2. The Morgan fingerprint density at radius 1 is 1.44 bits per heavy atom. The number of hydrogen-bond acceptors (Lipinski definition) is 2. The van der Waals surface area contributed by atoms with Crippen LogP contribution in [-0.2, 0) is 11.3 Å². The van der Waals surface area contributed by atoms with Crippen LogP contribution in [0.5, 0.6) is 0 Å². The molecule has 0 bridgehead atoms. The van der Waals surface area contributed by atoms with Crippen LogP contribution >= 0.6 is 11.6 Å². The summed E-state index contributed by atoms with van der Waals surface area (Å²) in [5.74, 6) is -0.397. The van der Waals surface area contributed by atoms with Crippen molar-refractivity contribution in [3.8, 4) is 0 Å². The number of carbonyl (C=O) groups excluding carboxylic acids is 1. The summed E-state index contributed by atoms with van der Waals surface area (Å²) in [5, 5.41) is 3.28. The number of benzene rings is 1. The molecule has 1 N–H and O–H groups in total. The van der Waals surface area contributed by atoms with Crippen LogP contribution in [0.3, 0.4) is 0 Å². The highest BCUT2D eigenvalue weighted by atomic mass is 35.5. The van der Waals surface area contributed by atoms with Crippen LogP contribution in [0.2, 0.25) is 5.02 Å². The van der Waals surface area contributed by atoms with Gasteiger partial charge < -0.3 is 10.2 Å². The molecule has 5 heteroatoms. The molecule has 0 fully saturated rings. The normalized spacial score (nSPS) is 10.2. The summed E-state index contributed by atoms with van der Waals surface area (Å²) in [6, 6.07) is 4.30. The first-order chi connectivity index (χ1) is 7.49. The summed E-state index contributed by atoms with van der Waals surface area (Å²) in [6.45, 7) is 0.637. The molecule has 1 aromatic carbocycles. The highest BCUT2D eigenvalue weighted by Gasteiger charge is 2.03. The van der Waals surface area contributed by atoms with Gasteiger partial charge in [-0.2, -0.15) is 0 Å². The molecule has 0 atom stereocenters. The fourth-order valence-corrected chi connectivity index (χ4v) is 1.43. The molecular formula is C11H14ClFN2O. The number of nitrogens with zero attached hydrogens (tertiary/aromatic N) is 1. The van der Waals surface area contributed by atoms with Crippen molar-refractivity contribution >= 4 is 17.5 Å². The molecule has 16 heavy (non-hydrogen) atoms. The SMILES string of the molecule is CN(C)C(=O)CNCc1cc(F)cc(Cl)c1. The molecule has 0 aromatic heterocycles. The van der Waals surface area contributed by atoms with Gasteiger partial charge in [-0.25, -0.2) is 4.39 Å². The lowest BCUT2D eigenvalue weighted by molar-refractivity contribution is -0.127. The molecular weight excluding hydrogens is 231 g/mol. The largest absolute Gasteiger partial charge is 0.348 e. The summed E-state index contributed by atoms with van der Waals surface area (Å²) in [5.41, 5.74) is 0.719. The average Bonchev–Trinajstić information content (AvgIpc) is 2.15. The smallest absolute Gasteiger partial charge is 0.236 e. The Kier molecular flexibility index (Phi) is 4.71. The highest BCUT2D eigenvalue weighted by molar-refractivity contribution is 6.30. The molecule has 0 aliphatic heterocycles. The Hall–Kier alpha value is -1.13. The molecule has 0 heterocycles. The molecule has 0 saturated carbocycles. The third-order valence-electron chi connectivity index (χ3n) is 2.03. The topological polar surface area (TPSA) is 32.3 Å². The fraction of sp³-hybridized carbons (Fsp3) is 0.364. The monoisotopic (exact) mass is 244 g/mol. The van der Waals surface area contributed by atoms with E-state index < -0.39 is 0 Å². The molecule has 0 aliphatic carbocycles. The predicted molar refractivity (Wildman–Crippen MR) is 61.8 cm³/mol. The van der Waals surface area contributed by atoms with E-state index >= 15 is 0 Å². The van der Waals surface area contributed by atoms with E-state index in [9.17, 15) is 9.18 Å². The molecule has 1 amide bonds.